The third-order valence-electron chi connectivity index (χ3n) is 3.81. The first-order valence-electron chi connectivity index (χ1n) is 7.80. The molecule has 0 aromatic heterocycles. The summed E-state index contributed by atoms with van der Waals surface area (Å²) in [4.78, 5) is 11.6. The predicted molar refractivity (Wildman–Crippen MR) is 82.9 cm³/mol. The normalized spacial score (nSPS) is 21.3. The Morgan fingerprint density at radius 2 is 1.85 bits per heavy atom. The van der Waals surface area contributed by atoms with Crippen LogP contribution in [0.15, 0.2) is 0 Å². The van der Waals surface area contributed by atoms with Crippen LogP contribution in [0.4, 0.5) is 4.79 Å². The highest BCUT2D eigenvalue weighted by Crippen LogP contribution is 2.34. The van der Waals surface area contributed by atoms with E-state index in [1.807, 2.05) is 27.7 Å². The van der Waals surface area contributed by atoms with E-state index in [1.54, 1.807) is 0 Å². The molecule has 0 radical (unpaired) electrons. The monoisotopic (exact) mass is 284 g/mol. The highest BCUT2D eigenvalue weighted by atomic mass is 16.6. The molecular formula is C16H32N2O2. The second-order valence-electron chi connectivity index (χ2n) is 7.89. The molecule has 1 amide bonds. The number of carbonyl (C=O) groups excluding carboxylic acids is 1. The van der Waals surface area contributed by atoms with Gasteiger partial charge in [0.1, 0.15) is 5.60 Å². The van der Waals surface area contributed by atoms with Gasteiger partial charge in [0.25, 0.3) is 0 Å². The van der Waals surface area contributed by atoms with Crippen LogP contribution in [-0.2, 0) is 4.74 Å². The molecule has 118 valence electrons. The van der Waals surface area contributed by atoms with Gasteiger partial charge in [-0.15, -0.1) is 0 Å². The van der Waals surface area contributed by atoms with Crippen LogP contribution in [0.1, 0.15) is 67.2 Å². The average Bonchev–Trinajstić information content (AvgIpc) is 2.24. The molecule has 1 saturated carbocycles. The molecule has 1 atom stereocenters. The van der Waals surface area contributed by atoms with Crippen LogP contribution in [0.3, 0.4) is 0 Å². The van der Waals surface area contributed by atoms with E-state index in [0.717, 1.165) is 6.54 Å². The number of alkyl carbamates (subject to hydrolysis) is 1. The first-order valence-corrected chi connectivity index (χ1v) is 7.80. The summed E-state index contributed by atoms with van der Waals surface area (Å²) in [5, 5.41) is 6.43. The van der Waals surface area contributed by atoms with Gasteiger partial charge >= 0.3 is 6.09 Å². The lowest BCUT2D eigenvalue weighted by Crippen LogP contribution is -2.46. The molecule has 1 rings (SSSR count). The van der Waals surface area contributed by atoms with E-state index in [0.29, 0.717) is 11.5 Å². The zero-order valence-corrected chi connectivity index (χ0v) is 14.0. The summed E-state index contributed by atoms with van der Waals surface area (Å²) in [6, 6.07) is 0.672. The van der Waals surface area contributed by atoms with Gasteiger partial charge in [-0.1, -0.05) is 13.8 Å². The van der Waals surface area contributed by atoms with Gasteiger partial charge in [-0.25, -0.2) is 4.79 Å². The minimum absolute atomic E-state index is 0.0831. The Morgan fingerprint density at radius 3 is 2.35 bits per heavy atom. The van der Waals surface area contributed by atoms with Gasteiger partial charge in [0.2, 0.25) is 0 Å². The van der Waals surface area contributed by atoms with Crippen LogP contribution < -0.4 is 10.6 Å². The number of rotatable bonds is 4. The maximum absolute atomic E-state index is 11.6. The highest BCUT2D eigenvalue weighted by molar-refractivity contribution is 5.68. The maximum Gasteiger partial charge on any atom is 0.407 e. The number of hydrogen-bond donors (Lipinski definition) is 2. The molecule has 0 heterocycles. The average molecular weight is 284 g/mol. The van der Waals surface area contributed by atoms with E-state index < -0.39 is 5.60 Å². The number of nitrogens with one attached hydrogen (secondary N) is 2. The predicted octanol–water partition coefficient (Wildman–Crippen LogP) is 3.46. The Kier molecular flexibility index (Phi) is 5.87. The minimum atomic E-state index is -0.438. The fourth-order valence-electron chi connectivity index (χ4n) is 2.51. The quantitative estimate of drug-likeness (QED) is 0.831. The van der Waals surface area contributed by atoms with Crippen LogP contribution in [0.25, 0.3) is 0 Å². The van der Waals surface area contributed by atoms with Crippen molar-refractivity contribution in [1.82, 2.24) is 10.6 Å². The van der Waals surface area contributed by atoms with E-state index in [9.17, 15) is 4.79 Å². The lowest BCUT2D eigenvalue weighted by molar-refractivity contribution is 0.0507. The first kappa shape index (κ1) is 17.3. The molecule has 0 bridgehead atoms. The molecule has 2 N–H and O–H groups in total. The van der Waals surface area contributed by atoms with E-state index in [-0.39, 0.29) is 12.1 Å². The van der Waals surface area contributed by atoms with Crippen LogP contribution in [0, 0.1) is 5.41 Å². The molecule has 4 nitrogen and oxygen atoms in total. The van der Waals surface area contributed by atoms with Crippen LogP contribution in [0.2, 0.25) is 0 Å². The van der Waals surface area contributed by atoms with Crippen molar-refractivity contribution in [3.8, 4) is 0 Å². The Hall–Kier alpha value is -0.770. The van der Waals surface area contributed by atoms with Crippen molar-refractivity contribution in [3.63, 3.8) is 0 Å². The van der Waals surface area contributed by atoms with Crippen molar-refractivity contribution in [1.29, 1.82) is 0 Å². The van der Waals surface area contributed by atoms with Crippen molar-refractivity contribution < 1.29 is 9.53 Å². The molecular weight excluding hydrogens is 252 g/mol. The number of carbonyl (C=O) groups is 1. The van der Waals surface area contributed by atoms with Gasteiger partial charge in [-0.3, -0.25) is 0 Å². The molecule has 0 aliphatic heterocycles. The van der Waals surface area contributed by atoms with Gasteiger partial charge < -0.3 is 15.4 Å². The summed E-state index contributed by atoms with van der Waals surface area (Å²) >= 11 is 0. The zero-order valence-electron chi connectivity index (χ0n) is 14.0. The molecule has 4 heteroatoms. The van der Waals surface area contributed by atoms with Gasteiger partial charge in [0, 0.05) is 18.6 Å². The second-order valence-corrected chi connectivity index (χ2v) is 7.89. The topological polar surface area (TPSA) is 50.4 Å². The lowest BCUT2D eigenvalue weighted by Gasteiger charge is -2.35. The van der Waals surface area contributed by atoms with Gasteiger partial charge in [-0.05, 0) is 58.8 Å². The molecule has 1 aliphatic carbocycles. The molecule has 1 fully saturated rings. The summed E-state index contributed by atoms with van der Waals surface area (Å²) in [5.41, 5.74) is 0.0603. The SMILES string of the molecule is CC(CNC1CCC(C)(C)CC1)NC(=O)OC(C)(C)C. The van der Waals surface area contributed by atoms with Crippen molar-refractivity contribution in [2.75, 3.05) is 6.54 Å². The van der Waals surface area contributed by atoms with Crippen molar-refractivity contribution >= 4 is 6.09 Å². The van der Waals surface area contributed by atoms with Crippen molar-refractivity contribution in [2.24, 2.45) is 5.41 Å². The fraction of sp³-hybridized carbons (Fsp3) is 0.938. The molecule has 0 aromatic carbocycles. The summed E-state index contributed by atoms with van der Waals surface area (Å²) in [7, 11) is 0. The van der Waals surface area contributed by atoms with Crippen LogP contribution in [-0.4, -0.2) is 30.3 Å². The van der Waals surface area contributed by atoms with Crippen molar-refractivity contribution in [3.05, 3.63) is 0 Å². The van der Waals surface area contributed by atoms with E-state index in [2.05, 4.69) is 24.5 Å². The van der Waals surface area contributed by atoms with E-state index in [4.69, 9.17) is 4.74 Å². The van der Waals surface area contributed by atoms with Gasteiger partial charge in [0.15, 0.2) is 0 Å². The molecule has 0 spiro atoms. The van der Waals surface area contributed by atoms with Crippen LogP contribution >= 0.6 is 0 Å². The maximum atomic E-state index is 11.6. The third-order valence-corrected chi connectivity index (χ3v) is 3.81. The molecule has 0 saturated heterocycles. The van der Waals surface area contributed by atoms with Gasteiger partial charge in [-0.2, -0.15) is 0 Å². The largest absolute Gasteiger partial charge is 0.444 e. The third kappa shape index (κ3) is 7.13. The van der Waals surface area contributed by atoms with Crippen LogP contribution in [0.5, 0.6) is 0 Å². The zero-order chi connectivity index (χ0) is 15.4. The number of amides is 1. The fourth-order valence-corrected chi connectivity index (χ4v) is 2.51. The molecule has 20 heavy (non-hydrogen) atoms. The Morgan fingerprint density at radius 1 is 1.30 bits per heavy atom. The Labute approximate surface area is 124 Å². The summed E-state index contributed by atoms with van der Waals surface area (Å²) in [6.45, 7) is 13.1. The minimum Gasteiger partial charge on any atom is -0.444 e. The first-order chi connectivity index (χ1) is 9.07. The van der Waals surface area contributed by atoms with E-state index >= 15 is 0 Å². The number of hydrogen-bond acceptors (Lipinski definition) is 3. The summed E-state index contributed by atoms with van der Waals surface area (Å²) in [5.74, 6) is 0. The Bertz CT molecular complexity index is 311. The molecule has 0 aromatic rings. The standard InChI is InChI=1S/C16H32N2O2/c1-12(18-14(19)20-15(2,3)4)11-17-13-7-9-16(5,6)10-8-13/h12-13,17H,7-11H2,1-6H3,(H,18,19). The molecule has 1 aliphatic rings. The second kappa shape index (κ2) is 6.79. The Balaban J connectivity index is 2.20. The summed E-state index contributed by atoms with van der Waals surface area (Å²) in [6.07, 6.45) is 4.67. The van der Waals surface area contributed by atoms with E-state index in [1.165, 1.54) is 25.7 Å². The molecule has 1 unspecified atom stereocenters. The summed E-state index contributed by atoms with van der Waals surface area (Å²) < 4.78 is 5.25. The highest BCUT2D eigenvalue weighted by Gasteiger charge is 2.26. The van der Waals surface area contributed by atoms with Gasteiger partial charge in [0.05, 0.1) is 0 Å². The lowest BCUT2D eigenvalue weighted by atomic mass is 9.75. The van der Waals surface area contributed by atoms with Crippen molar-refractivity contribution in [2.45, 2.75) is 84.9 Å². The smallest absolute Gasteiger partial charge is 0.407 e. The number of ether oxygens (including phenoxy) is 1.